The highest BCUT2D eigenvalue weighted by atomic mass is 35.5. The van der Waals surface area contributed by atoms with Crippen LogP contribution >= 0.6 is 11.6 Å². The van der Waals surface area contributed by atoms with E-state index < -0.39 is 0 Å². The normalized spacial score (nSPS) is 23.4. The van der Waals surface area contributed by atoms with E-state index in [2.05, 4.69) is 34.3 Å². The maximum Gasteiger partial charge on any atom is 0.247 e. The van der Waals surface area contributed by atoms with Crippen LogP contribution in [0.5, 0.6) is 0 Å². The molecule has 1 aromatic heterocycles. The molecule has 0 amide bonds. The SMILES string of the molecule is CC1CN(Cc2nnc(-c3ccc(Cl)cc3)o2)CC(C)N1. The number of aromatic nitrogens is 2. The Morgan fingerprint density at radius 2 is 1.86 bits per heavy atom. The first kappa shape index (κ1) is 14.5. The lowest BCUT2D eigenvalue weighted by Crippen LogP contribution is -2.53. The summed E-state index contributed by atoms with van der Waals surface area (Å²) in [6.07, 6.45) is 0. The average molecular weight is 307 g/mol. The van der Waals surface area contributed by atoms with Crippen LogP contribution in [0, 0.1) is 0 Å². The van der Waals surface area contributed by atoms with E-state index in [4.69, 9.17) is 16.0 Å². The summed E-state index contributed by atoms with van der Waals surface area (Å²) in [4.78, 5) is 2.34. The third kappa shape index (κ3) is 3.61. The van der Waals surface area contributed by atoms with Crippen molar-refractivity contribution in [1.29, 1.82) is 0 Å². The molecule has 6 heteroatoms. The molecule has 3 rings (SSSR count). The molecule has 1 aromatic carbocycles. The molecule has 0 saturated carbocycles. The molecule has 2 unspecified atom stereocenters. The van der Waals surface area contributed by atoms with Gasteiger partial charge in [-0.15, -0.1) is 10.2 Å². The average Bonchev–Trinajstić information content (AvgIpc) is 2.87. The predicted octanol–water partition coefficient (Wildman–Crippen LogP) is 2.57. The number of rotatable bonds is 3. The summed E-state index contributed by atoms with van der Waals surface area (Å²) in [6, 6.07) is 8.36. The van der Waals surface area contributed by atoms with Crippen LogP contribution in [-0.2, 0) is 6.54 Å². The molecule has 0 radical (unpaired) electrons. The highest BCUT2D eigenvalue weighted by Crippen LogP contribution is 2.21. The van der Waals surface area contributed by atoms with E-state index in [9.17, 15) is 0 Å². The van der Waals surface area contributed by atoms with Gasteiger partial charge in [0.15, 0.2) is 0 Å². The van der Waals surface area contributed by atoms with Gasteiger partial charge in [0, 0.05) is 35.8 Å². The number of nitrogens with one attached hydrogen (secondary N) is 1. The molecule has 0 bridgehead atoms. The van der Waals surface area contributed by atoms with E-state index in [-0.39, 0.29) is 0 Å². The lowest BCUT2D eigenvalue weighted by Gasteiger charge is -2.35. The molecule has 1 fully saturated rings. The minimum Gasteiger partial charge on any atom is -0.419 e. The number of hydrogen-bond acceptors (Lipinski definition) is 5. The van der Waals surface area contributed by atoms with Gasteiger partial charge in [0.25, 0.3) is 0 Å². The highest BCUT2D eigenvalue weighted by molar-refractivity contribution is 6.30. The smallest absolute Gasteiger partial charge is 0.247 e. The van der Waals surface area contributed by atoms with Gasteiger partial charge in [-0.05, 0) is 38.1 Å². The van der Waals surface area contributed by atoms with E-state index in [1.54, 1.807) is 0 Å². The molecule has 1 N–H and O–H groups in total. The van der Waals surface area contributed by atoms with E-state index >= 15 is 0 Å². The van der Waals surface area contributed by atoms with Crippen molar-refractivity contribution >= 4 is 11.6 Å². The topological polar surface area (TPSA) is 54.2 Å². The summed E-state index contributed by atoms with van der Waals surface area (Å²) in [6.45, 7) is 7.05. The first-order valence-corrected chi connectivity index (χ1v) is 7.54. The second-order valence-corrected chi connectivity index (χ2v) is 6.11. The predicted molar refractivity (Wildman–Crippen MR) is 82.1 cm³/mol. The van der Waals surface area contributed by atoms with Gasteiger partial charge in [-0.1, -0.05) is 11.6 Å². The van der Waals surface area contributed by atoms with Crippen molar-refractivity contribution in [3.05, 3.63) is 35.2 Å². The minimum atomic E-state index is 0.479. The van der Waals surface area contributed by atoms with E-state index in [0.29, 0.717) is 35.4 Å². The zero-order chi connectivity index (χ0) is 14.8. The van der Waals surface area contributed by atoms with Crippen molar-refractivity contribution in [2.45, 2.75) is 32.5 Å². The molecular weight excluding hydrogens is 288 g/mol. The van der Waals surface area contributed by atoms with Crippen molar-refractivity contribution in [3.8, 4) is 11.5 Å². The van der Waals surface area contributed by atoms with Crippen LogP contribution in [0.2, 0.25) is 5.02 Å². The van der Waals surface area contributed by atoms with E-state index in [1.165, 1.54) is 0 Å². The van der Waals surface area contributed by atoms with Gasteiger partial charge in [0.2, 0.25) is 11.8 Å². The first-order chi connectivity index (χ1) is 10.1. The maximum atomic E-state index is 5.88. The lowest BCUT2D eigenvalue weighted by molar-refractivity contribution is 0.154. The number of hydrogen-bond donors (Lipinski definition) is 1. The second-order valence-electron chi connectivity index (χ2n) is 5.67. The molecule has 112 valence electrons. The van der Waals surface area contributed by atoms with Crippen LogP contribution in [0.1, 0.15) is 19.7 Å². The largest absolute Gasteiger partial charge is 0.419 e. The molecule has 0 aliphatic carbocycles. The Morgan fingerprint density at radius 3 is 2.52 bits per heavy atom. The highest BCUT2D eigenvalue weighted by Gasteiger charge is 2.22. The van der Waals surface area contributed by atoms with Crippen LogP contribution in [0.4, 0.5) is 0 Å². The maximum absolute atomic E-state index is 5.88. The summed E-state index contributed by atoms with van der Waals surface area (Å²) in [5.41, 5.74) is 0.889. The lowest BCUT2D eigenvalue weighted by atomic mass is 10.1. The summed E-state index contributed by atoms with van der Waals surface area (Å²) in [5, 5.41) is 12.5. The van der Waals surface area contributed by atoms with Crippen LogP contribution in [0.15, 0.2) is 28.7 Å². The van der Waals surface area contributed by atoms with Gasteiger partial charge in [-0.25, -0.2) is 0 Å². The Bertz CT molecular complexity index is 588. The number of halogens is 1. The summed E-state index contributed by atoms with van der Waals surface area (Å²) in [5.74, 6) is 1.19. The standard InChI is InChI=1S/C15H19ClN4O/c1-10-7-20(8-11(2)17-10)9-14-18-19-15(21-14)12-3-5-13(16)6-4-12/h3-6,10-11,17H,7-9H2,1-2H3. The van der Waals surface area contributed by atoms with Gasteiger partial charge >= 0.3 is 0 Å². The fourth-order valence-corrected chi connectivity index (χ4v) is 2.91. The van der Waals surface area contributed by atoms with Crippen LogP contribution in [0.3, 0.4) is 0 Å². The Labute approximate surface area is 129 Å². The summed E-state index contributed by atoms with van der Waals surface area (Å²) < 4.78 is 5.76. The van der Waals surface area contributed by atoms with Gasteiger partial charge in [0.05, 0.1) is 6.54 Å². The Balaban J connectivity index is 1.69. The van der Waals surface area contributed by atoms with Gasteiger partial charge < -0.3 is 9.73 Å². The molecule has 2 atom stereocenters. The van der Waals surface area contributed by atoms with Crippen molar-refractivity contribution in [3.63, 3.8) is 0 Å². The van der Waals surface area contributed by atoms with Crippen molar-refractivity contribution in [2.24, 2.45) is 0 Å². The quantitative estimate of drug-likeness (QED) is 0.944. The monoisotopic (exact) mass is 306 g/mol. The van der Waals surface area contributed by atoms with Crippen molar-refractivity contribution in [1.82, 2.24) is 20.4 Å². The van der Waals surface area contributed by atoms with Crippen LogP contribution in [-0.4, -0.2) is 40.3 Å². The molecule has 1 aliphatic heterocycles. The summed E-state index contributed by atoms with van der Waals surface area (Å²) >= 11 is 5.88. The number of benzene rings is 1. The van der Waals surface area contributed by atoms with Crippen LogP contribution in [0.25, 0.3) is 11.5 Å². The fraction of sp³-hybridized carbons (Fsp3) is 0.467. The molecule has 1 saturated heterocycles. The Morgan fingerprint density at radius 1 is 1.19 bits per heavy atom. The second kappa shape index (κ2) is 6.13. The molecule has 21 heavy (non-hydrogen) atoms. The third-order valence-electron chi connectivity index (χ3n) is 3.55. The van der Waals surface area contributed by atoms with E-state index in [0.717, 1.165) is 18.7 Å². The molecule has 2 aromatic rings. The number of nitrogens with zero attached hydrogens (tertiary/aromatic N) is 3. The Hall–Kier alpha value is -1.43. The van der Waals surface area contributed by atoms with Gasteiger partial charge in [-0.2, -0.15) is 0 Å². The molecule has 0 spiro atoms. The molecule has 1 aliphatic rings. The molecule has 5 nitrogen and oxygen atoms in total. The van der Waals surface area contributed by atoms with Gasteiger partial charge in [-0.3, -0.25) is 4.90 Å². The zero-order valence-corrected chi connectivity index (χ0v) is 13.0. The van der Waals surface area contributed by atoms with Crippen molar-refractivity contribution < 1.29 is 4.42 Å². The third-order valence-corrected chi connectivity index (χ3v) is 3.80. The zero-order valence-electron chi connectivity index (χ0n) is 12.2. The summed E-state index contributed by atoms with van der Waals surface area (Å²) in [7, 11) is 0. The first-order valence-electron chi connectivity index (χ1n) is 7.17. The van der Waals surface area contributed by atoms with E-state index in [1.807, 2.05) is 24.3 Å². The molecule has 2 heterocycles. The Kier molecular flexibility index (Phi) is 4.24. The van der Waals surface area contributed by atoms with Crippen molar-refractivity contribution in [2.75, 3.05) is 13.1 Å². The fourth-order valence-electron chi connectivity index (χ4n) is 2.79. The van der Waals surface area contributed by atoms with Gasteiger partial charge in [0.1, 0.15) is 0 Å². The molecular formula is C15H19ClN4O. The number of piperazine rings is 1. The minimum absolute atomic E-state index is 0.479. The van der Waals surface area contributed by atoms with Crippen LogP contribution < -0.4 is 5.32 Å².